The highest BCUT2D eigenvalue weighted by Gasteiger charge is 2.36. The van der Waals surface area contributed by atoms with Crippen LogP contribution in [0.5, 0.6) is 5.75 Å². The van der Waals surface area contributed by atoms with Crippen molar-refractivity contribution in [2.24, 2.45) is 5.92 Å². The molecule has 192 valence electrons. The Morgan fingerprint density at radius 3 is 2.40 bits per heavy atom. The van der Waals surface area contributed by atoms with Crippen molar-refractivity contribution in [3.8, 4) is 5.75 Å². The van der Waals surface area contributed by atoms with Crippen LogP contribution in [-0.2, 0) is 20.0 Å². The molecule has 0 saturated heterocycles. The Labute approximate surface area is 206 Å². The Morgan fingerprint density at radius 1 is 1.14 bits per heavy atom. The Bertz CT molecular complexity index is 1270. The van der Waals surface area contributed by atoms with Crippen LogP contribution < -0.4 is 9.46 Å². The fourth-order valence-electron chi connectivity index (χ4n) is 3.87. The van der Waals surface area contributed by atoms with Gasteiger partial charge in [0.25, 0.3) is 5.91 Å². The van der Waals surface area contributed by atoms with Crippen LogP contribution in [0.25, 0.3) is 0 Å². The number of hydrogen-bond donors (Lipinski definition) is 2. The third kappa shape index (κ3) is 6.13. The number of aliphatic hydroxyl groups excluding tert-OH is 1. The molecule has 12 heteroatoms. The molecule has 3 rings (SSSR count). The van der Waals surface area contributed by atoms with E-state index in [1.807, 2.05) is 6.92 Å². The topological polar surface area (TPSA) is 133 Å². The number of fused-ring (bicyclic) bond motifs is 1. The Morgan fingerprint density at radius 2 is 1.80 bits per heavy atom. The molecule has 1 aliphatic heterocycles. The molecule has 0 unspecified atom stereocenters. The summed E-state index contributed by atoms with van der Waals surface area (Å²) in [7, 11) is -6.08. The largest absolute Gasteiger partial charge is 0.486 e. The Hall–Kier alpha value is -2.67. The summed E-state index contributed by atoms with van der Waals surface area (Å²) in [5, 5.41) is 9.75. The van der Waals surface area contributed by atoms with E-state index in [-0.39, 0.29) is 47.5 Å². The van der Waals surface area contributed by atoms with E-state index in [9.17, 15) is 26.7 Å². The van der Waals surface area contributed by atoms with E-state index in [2.05, 4.69) is 4.72 Å². The van der Waals surface area contributed by atoms with E-state index in [0.717, 1.165) is 6.26 Å². The number of rotatable bonds is 8. The normalized spacial score (nSPS) is 19.9. The first-order valence-electron chi connectivity index (χ1n) is 11.1. The zero-order valence-corrected chi connectivity index (χ0v) is 21.7. The number of nitrogens with one attached hydrogen (secondary N) is 1. The second-order valence-corrected chi connectivity index (χ2v) is 12.6. The first-order chi connectivity index (χ1) is 16.3. The van der Waals surface area contributed by atoms with E-state index < -0.39 is 38.1 Å². The number of likely N-dealkylation sites (N-methyl/N-ethyl adjacent to an activating group) is 1. The molecule has 0 bridgehead atoms. The molecule has 0 radical (unpaired) electrons. The number of carbonyl (C=O) groups is 1. The van der Waals surface area contributed by atoms with Gasteiger partial charge in [-0.2, -0.15) is 4.31 Å². The van der Waals surface area contributed by atoms with Crippen LogP contribution >= 0.6 is 0 Å². The van der Waals surface area contributed by atoms with Crippen molar-refractivity contribution in [3.05, 3.63) is 54.1 Å². The Kier molecular flexibility index (Phi) is 8.10. The van der Waals surface area contributed by atoms with Crippen molar-refractivity contribution in [2.75, 3.05) is 37.7 Å². The highest BCUT2D eigenvalue weighted by Crippen LogP contribution is 2.35. The molecule has 0 spiro atoms. The predicted octanol–water partition coefficient (Wildman–Crippen LogP) is 1.60. The number of amides is 1. The minimum absolute atomic E-state index is 0.0140. The van der Waals surface area contributed by atoms with Crippen molar-refractivity contribution in [1.29, 1.82) is 0 Å². The minimum atomic E-state index is -3.82. The zero-order valence-electron chi connectivity index (χ0n) is 20.1. The smallest absolute Gasteiger partial charge is 0.258 e. The molecular formula is C23H31N3O7S2. The third-order valence-electron chi connectivity index (χ3n) is 5.87. The maximum atomic E-state index is 13.4. The van der Waals surface area contributed by atoms with E-state index in [4.69, 9.17) is 4.74 Å². The zero-order chi connectivity index (χ0) is 26.0. The molecule has 1 amide bonds. The molecule has 0 saturated carbocycles. The van der Waals surface area contributed by atoms with Crippen LogP contribution in [0, 0.1) is 5.92 Å². The van der Waals surface area contributed by atoms with Gasteiger partial charge in [-0.25, -0.2) is 16.8 Å². The number of ether oxygens (including phenoxy) is 1. The molecule has 1 aliphatic rings. The van der Waals surface area contributed by atoms with Crippen LogP contribution in [0.3, 0.4) is 0 Å². The van der Waals surface area contributed by atoms with Gasteiger partial charge in [-0.15, -0.1) is 0 Å². The number of para-hydroxylation sites is 1. The molecule has 3 atom stereocenters. The number of hydrogen-bond acceptors (Lipinski definition) is 7. The average Bonchev–Trinajstić information content (AvgIpc) is 2.80. The monoisotopic (exact) mass is 525 g/mol. The fraction of sp³-hybridized carbons (Fsp3) is 0.435. The van der Waals surface area contributed by atoms with Gasteiger partial charge in [-0.1, -0.05) is 31.2 Å². The van der Waals surface area contributed by atoms with E-state index in [1.165, 1.54) is 46.6 Å². The summed E-state index contributed by atoms with van der Waals surface area (Å²) in [6, 6.07) is 12.0. The van der Waals surface area contributed by atoms with Gasteiger partial charge in [0.15, 0.2) is 5.75 Å². The van der Waals surface area contributed by atoms with Gasteiger partial charge in [-0.05, 0) is 31.2 Å². The molecule has 2 aromatic rings. The molecule has 0 aromatic heterocycles. The number of carbonyl (C=O) groups excluding carboxylic acids is 1. The van der Waals surface area contributed by atoms with E-state index in [0.29, 0.717) is 0 Å². The van der Waals surface area contributed by atoms with Crippen molar-refractivity contribution in [2.45, 2.75) is 30.9 Å². The lowest BCUT2D eigenvalue weighted by Gasteiger charge is -2.38. The minimum Gasteiger partial charge on any atom is -0.486 e. The predicted molar refractivity (Wildman–Crippen MR) is 132 cm³/mol. The first kappa shape index (κ1) is 26.9. The molecule has 0 fully saturated rings. The summed E-state index contributed by atoms with van der Waals surface area (Å²) < 4.78 is 59.9. The van der Waals surface area contributed by atoms with Gasteiger partial charge in [0, 0.05) is 19.5 Å². The second kappa shape index (κ2) is 10.5. The lowest BCUT2D eigenvalue weighted by Crippen LogP contribution is -2.50. The number of anilines is 1. The maximum Gasteiger partial charge on any atom is 0.258 e. The van der Waals surface area contributed by atoms with Crippen molar-refractivity contribution in [1.82, 2.24) is 9.21 Å². The van der Waals surface area contributed by atoms with Crippen LogP contribution in [0.2, 0.25) is 0 Å². The maximum absolute atomic E-state index is 13.4. The molecule has 0 aliphatic carbocycles. The molecule has 2 aromatic carbocycles. The second-order valence-electron chi connectivity index (χ2n) is 8.78. The van der Waals surface area contributed by atoms with Gasteiger partial charge >= 0.3 is 0 Å². The fourth-order valence-corrected chi connectivity index (χ4v) is 5.63. The molecule has 2 N–H and O–H groups in total. The summed E-state index contributed by atoms with van der Waals surface area (Å²) in [4.78, 5) is 15.0. The van der Waals surface area contributed by atoms with Gasteiger partial charge in [0.05, 0.1) is 41.6 Å². The lowest BCUT2D eigenvalue weighted by molar-refractivity contribution is 0.0389. The van der Waals surface area contributed by atoms with Crippen LogP contribution in [0.15, 0.2) is 53.4 Å². The third-order valence-corrected chi connectivity index (χ3v) is 8.30. The number of nitrogens with zero attached hydrogens (tertiary/aromatic N) is 2. The van der Waals surface area contributed by atoms with Gasteiger partial charge < -0.3 is 14.7 Å². The summed E-state index contributed by atoms with van der Waals surface area (Å²) in [5.74, 6) is -0.768. The summed E-state index contributed by atoms with van der Waals surface area (Å²) in [6.07, 6.45) is 0.249. The molecule has 1 heterocycles. The number of benzene rings is 2. The van der Waals surface area contributed by atoms with Crippen LogP contribution in [0.4, 0.5) is 5.69 Å². The van der Waals surface area contributed by atoms with Gasteiger partial charge in [0.1, 0.15) is 6.10 Å². The van der Waals surface area contributed by atoms with Crippen LogP contribution in [-0.4, -0.2) is 82.2 Å². The first-order valence-corrected chi connectivity index (χ1v) is 14.4. The standard InChI is InChI=1S/C23H31N3O7S2/c1-16-13-26(17(2)15-27)23(28)19-11-8-12-20(24-34(4,29)30)22(19)33-21(16)14-25(3)35(31,32)18-9-6-5-7-10-18/h5-12,16-17,21,24,27H,13-15H2,1-4H3/t16-,17+,21-/m0/s1. The van der Waals surface area contributed by atoms with Gasteiger partial charge in [0.2, 0.25) is 20.0 Å². The van der Waals surface area contributed by atoms with Gasteiger partial charge in [-0.3, -0.25) is 9.52 Å². The quantitative estimate of drug-likeness (QED) is 0.535. The number of sulfonamides is 2. The molecule has 35 heavy (non-hydrogen) atoms. The van der Waals surface area contributed by atoms with E-state index >= 15 is 0 Å². The highest BCUT2D eigenvalue weighted by molar-refractivity contribution is 7.92. The van der Waals surface area contributed by atoms with Crippen molar-refractivity contribution in [3.63, 3.8) is 0 Å². The lowest BCUT2D eigenvalue weighted by atomic mass is 9.99. The highest BCUT2D eigenvalue weighted by atomic mass is 32.2. The van der Waals surface area contributed by atoms with Crippen LogP contribution in [0.1, 0.15) is 24.2 Å². The molecular weight excluding hydrogens is 494 g/mol. The van der Waals surface area contributed by atoms with Crippen molar-refractivity contribution >= 4 is 31.6 Å². The summed E-state index contributed by atoms with van der Waals surface area (Å²) in [5.41, 5.74) is 0.187. The van der Waals surface area contributed by atoms with Crippen molar-refractivity contribution < 1.29 is 31.5 Å². The summed E-state index contributed by atoms with van der Waals surface area (Å²) >= 11 is 0. The number of aliphatic hydroxyl groups is 1. The Balaban J connectivity index is 2.06. The average molecular weight is 526 g/mol. The SMILES string of the molecule is C[C@H](CO)N1C[C@H](C)[C@H](CN(C)S(=O)(=O)c2ccccc2)Oc2c(NS(C)(=O)=O)cccc2C1=O. The summed E-state index contributed by atoms with van der Waals surface area (Å²) in [6.45, 7) is 3.39. The van der Waals surface area contributed by atoms with E-state index in [1.54, 1.807) is 25.1 Å². The molecule has 10 nitrogen and oxygen atoms in total.